The number of nitrogens with two attached hydrogens (primary N) is 3. The molecule has 0 heterocycles. The van der Waals surface area contributed by atoms with Gasteiger partial charge < -0.3 is 43.4 Å². The molecule has 0 saturated heterocycles. The number of aliphatic hydroxyl groups excluding tert-OH is 1. The van der Waals surface area contributed by atoms with Gasteiger partial charge in [-0.1, -0.05) is 30.3 Å². The van der Waals surface area contributed by atoms with Crippen LogP contribution in [0.2, 0.25) is 0 Å². The van der Waals surface area contributed by atoms with Crippen LogP contribution in [0.25, 0.3) is 0 Å². The molecule has 0 bridgehead atoms. The van der Waals surface area contributed by atoms with Gasteiger partial charge >= 0.3 is 5.97 Å². The summed E-state index contributed by atoms with van der Waals surface area (Å²) in [4.78, 5) is 53.2. The van der Waals surface area contributed by atoms with Gasteiger partial charge in [-0.15, -0.1) is 0 Å². The number of carbonyl (C=O) groups excluding carboxylic acids is 3. The first-order valence-corrected chi connectivity index (χ1v) is 11.1. The Morgan fingerprint density at radius 3 is 2.06 bits per heavy atom. The fourth-order valence-corrected chi connectivity index (χ4v) is 3.04. The zero-order chi connectivity index (χ0) is 26.5. The molecule has 1 aromatic rings. The van der Waals surface area contributed by atoms with Crippen LogP contribution in [0.4, 0.5) is 0 Å². The Morgan fingerprint density at radius 2 is 1.54 bits per heavy atom. The average molecular weight is 494 g/mol. The van der Waals surface area contributed by atoms with Crippen LogP contribution in [0.5, 0.6) is 0 Å². The predicted molar refractivity (Wildman–Crippen MR) is 129 cm³/mol. The van der Waals surface area contributed by atoms with E-state index in [4.69, 9.17) is 17.2 Å². The molecule has 0 saturated carbocycles. The van der Waals surface area contributed by atoms with E-state index < -0.39 is 54.0 Å². The number of aliphatic carboxylic acids is 1. The number of carbonyl (C=O) groups is 4. The fraction of sp³-hybridized carbons (Fsp3) is 0.500. The molecule has 1 aromatic carbocycles. The molecular weight excluding hydrogens is 458 g/mol. The molecule has 13 nitrogen and oxygen atoms in total. The summed E-state index contributed by atoms with van der Waals surface area (Å²) in [6.45, 7) is 2.89. The van der Waals surface area contributed by atoms with Gasteiger partial charge in [0.15, 0.2) is 5.96 Å². The predicted octanol–water partition coefficient (Wildman–Crippen LogP) is -2.45. The fourth-order valence-electron chi connectivity index (χ4n) is 3.04. The van der Waals surface area contributed by atoms with Crippen LogP contribution >= 0.6 is 0 Å². The zero-order valence-corrected chi connectivity index (χ0v) is 19.8. The average Bonchev–Trinajstić information content (AvgIpc) is 2.78. The van der Waals surface area contributed by atoms with Gasteiger partial charge in [0.2, 0.25) is 17.7 Å². The molecule has 5 unspecified atom stereocenters. The number of guanidine groups is 1. The van der Waals surface area contributed by atoms with Crippen LogP contribution in [0.1, 0.15) is 32.3 Å². The summed E-state index contributed by atoms with van der Waals surface area (Å²) >= 11 is 0. The molecule has 1 rings (SSSR count). The molecule has 0 aliphatic rings. The lowest BCUT2D eigenvalue weighted by molar-refractivity contribution is -0.143. The first-order chi connectivity index (χ1) is 16.4. The number of hydrogen-bond acceptors (Lipinski definition) is 7. The van der Waals surface area contributed by atoms with E-state index in [0.717, 1.165) is 5.56 Å². The van der Waals surface area contributed by atoms with Gasteiger partial charge in [-0.25, -0.2) is 4.79 Å². The molecule has 0 aliphatic carbocycles. The van der Waals surface area contributed by atoms with E-state index in [1.807, 2.05) is 0 Å². The van der Waals surface area contributed by atoms with Crippen molar-refractivity contribution in [1.82, 2.24) is 16.0 Å². The Kier molecular flexibility index (Phi) is 12.2. The van der Waals surface area contributed by atoms with E-state index in [0.29, 0.717) is 0 Å². The smallest absolute Gasteiger partial charge is 0.326 e. The number of hydrogen-bond donors (Lipinski definition) is 8. The minimum absolute atomic E-state index is 0.0133. The molecule has 35 heavy (non-hydrogen) atoms. The van der Waals surface area contributed by atoms with Crippen LogP contribution in [0.15, 0.2) is 35.3 Å². The highest BCUT2D eigenvalue weighted by Gasteiger charge is 2.32. The number of carboxylic acid groups (broad SMARTS) is 1. The number of carboxylic acids is 1. The molecule has 0 aromatic heterocycles. The number of amides is 3. The highest BCUT2D eigenvalue weighted by Crippen LogP contribution is 2.06. The summed E-state index contributed by atoms with van der Waals surface area (Å²) in [7, 11) is 0. The van der Waals surface area contributed by atoms with Gasteiger partial charge in [0, 0.05) is 13.0 Å². The molecule has 194 valence electrons. The molecule has 11 N–H and O–H groups in total. The summed E-state index contributed by atoms with van der Waals surface area (Å²) < 4.78 is 0. The van der Waals surface area contributed by atoms with E-state index in [1.165, 1.54) is 13.8 Å². The lowest BCUT2D eigenvalue weighted by Crippen LogP contribution is -2.60. The van der Waals surface area contributed by atoms with Crippen molar-refractivity contribution in [3.05, 3.63) is 35.9 Å². The van der Waals surface area contributed by atoms with Gasteiger partial charge in [-0.05, 0) is 32.3 Å². The Balaban J connectivity index is 2.95. The van der Waals surface area contributed by atoms with Crippen LogP contribution in [-0.4, -0.2) is 76.7 Å². The first kappa shape index (κ1) is 29.3. The number of rotatable bonds is 14. The van der Waals surface area contributed by atoms with Crippen molar-refractivity contribution < 1.29 is 29.4 Å². The standard InChI is InChI=1S/C22H35N7O6/c1-12(23)18(31)28-16(11-14-7-4-3-5-8-14)19(32)29-17(13(2)30)20(33)27-15(21(34)35)9-6-10-26-22(24)25/h3-5,7-8,12-13,15-17,30H,6,9-11,23H2,1-2H3,(H,27,33)(H,28,31)(H,29,32)(H,34,35)(H4,24,25,26). The van der Waals surface area contributed by atoms with Crippen molar-refractivity contribution in [1.29, 1.82) is 0 Å². The Morgan fingerprint density at radius 1 is 0.943 bits per heavy atom. The largest absolute Gasteiger partial charge is 0.480 e. The third kappa shape index (κ3) is 10.8. The van der Waals surface area contributed by atoms with Gasteiger partial charge in [0.25, 0.3) is 0 Å². The maximum Gasteiger partial charge on any atom is 0.326 e. The number of nitrogens with zero attached hydrogens (tertiary/aromatic N) is 1. The normalized spacial score (nSPS) is 15.0. The number of nitrogens with one attached hydrogen (secondary N) is 3. The van der Waals surface area contributed by atoms with Crippen LogP contribution in [-0.2, 0) is 25.6 Å². The van der Waals surface area contributed by atoms with Crippen LogP contribution < -0.4 is 33.2 Å². The molecule has 3 amide bonds. The lowest BCUT2D eigenvalue weighted by Gasteiger charge is -2.26. The Labute approximate surface area is 203 Å². The van der Waals surface area contributed by atoms with Crippen molar-refractivity contribution in [2.75, 3.05) is 6.54 Å². The van der Waals surface area contributed by atoms with E-state index in [9.17, 15) is 29.4 Å². The lowest BCUT2D eigenvalue weighted by atomic mass is 10.0. The zero-order valence-electron chi connectivity index (χ0n) is 19.8. The number of benzene rings is 1. The van der Waals surface area contributed by atoms with E-state index >= 15 is 0 Å². The molecule has 0 aliphatic heterocycles. The number of aliphatic hydroxyl groups is 1. The highest BCUT2D eigenvalue weighted by atomic mass is 16.4. The number of aliphatic imine (C=N–C) groups is 1. The molecular formula is C22H35N7O6. The van der Waals surface area contributed by atoms with Crippen LogP contribution in [0, 0.1) is 0 Å². The molecule has 0 radical (unpaired) electrons. The summed E-state index contributed by atoms with van der Waals surface area (Å²) in [6, 6.07) is 4.09. The molecule has 0 fully saturated rings. The van der Waals surface area contributed by atoms with Gasteiger partial charge in [-0.2, -0.15) is 0 Å². The third-order valence-corrected chi connectivity index (χ3v) is 4.95. The van der Waals surface area contributed by atoms with Gasteiger partial charge in [0.05, 0.1) is 12.1 Å². The Bertz CT molecular complexity index is 888. The summed E-state index contributed by atoms with van der Waals surface area (Å²) in [5.74, 6) is -3.67. The SMILES string of the molecule is CC(N)C(=O)NC(Cc1ccccc1)C(=O)NC(C(=O)NC(CCCN=C(N)N)C(=O)O)C(C)O. The van der Waals surface area contributed by atoms with E-state index in [1.54, 1.807) is 30.3 Å². The monoisotopic (exact) mass is 493 g/mol. The second-order valence-electron chi connectivity index (χ2n) is 8.11. The van der Waals surface area contributed by atoms with E-state index in [2.05, 4.69) is 20.9 Å². The van der Waals surface area contributed by atoms with Crippen molar-refractivity contribution in [3.63, 3.8) is 0 Å². The summed E-state index contributed by atoms with van der Waals surface area (Å²) in [5, 5.41) is 26.8. The second-order valence-corrected chi connectivity index (χ2v) is 8.11. The molecule has 5 atom stereocenters. The maximum absolute atomic E-state index is 13.0. The third-order valence-electron chi connectivity index (χ3n) is 4.95. The minimum atomic E-state index is -1.48. The molecule has 13 heteroatoms. The first-order valence-electron chi connectivity index (χ1n) is 11.1. The van der Waals surface area contributed by atoms with Crippen LogP contribution in [0.3, 0.4) is 0 Å². The van der Waals surface area contributed by atoms with E-state index in [-0.39, 0.29) is 31.8 Å². The summed E-state index contributed by atoms with van der Waals surface area (Å²) in [5.41, 5.74) is 16.8. The quantitative estimate of drug-likeness (QED) is 0.0778. The van der Waals surface area contributed by atoms with Crippen molar-refractivity contribution in [2.45, 2.75) is 63.4 Å². The highest BCUT2D eigenvalue weighted by molar-refractivity contribution is 5.94. The van der Waals surface area contributed by atoms with Gasteiger partial charge in [0.1, 0.15) is 18.1 Å². The summed E-state index contributed by atoms with van der Waals surface area (Å²) in [6.07, 6.45) is -0.985. The Hall–Kier alpha value is -3.71. The minimum Gasteiger partial charge on any atom is -0.480 e. The second kappa shape index (κ2) is 14.5. The van der Waals surface area contributed by atoms with Crippen molar-refractivity contribution in [2.24, 2.45) is 22.2 Å². The van der Waals surface area contributed by atoms with Crippen molar-refractivity contribution >= 4 is 29.7 Å². The molecule has 0 spiro atoms. The van der Waals surface area contributed by atoms with Gasteiger partial charge in [-0.3, -0.25) is 19.4 Å². The van der Waals surface area contributed by atoms with Crippen molar-refractivity contribution in [3.8, 4) is 0 Å². The topological polar surface area (TPSA) is 235 Å². The maximum atomic E-state index is 13.0.